The molecular weight excluding hydrogens is 364 g/mol. The van der Waals surface area contributed by atoms with Crippen LogP contribution in [0.3, 0.4) is 0 Å². The number of rotatable bonds is 6. The lowest BCUT2D eigenvalue weighted by molar-refractivity contribution is -0.156. The second kappa shape index (κ2) is 6.37. The Kier molecular flexibility index (Phi) is 4.75. The van der Waals surface area contributed by atoms with Gasteiger partial charge in [-0.05, 0) is 40.0 Å². The SMILES string of the molecule is CCC(C)(C)C(=O)OCCOC(=O)OC1(C)C2CC3C1OS(=O)(=O)C3C2. The van der Waals surface area contributed by atoms with Crippen molar-refractivity contribution in [2.45, 2.75) is 63.9 Å². The molecule has 2 saturated carbocycles. The number of carbonyl (C=O) groups is 2. The highest BCUT2D eigenvalue weighted by molar-refractivity contribution is 7.87. The highest BCUT2D eigenvalue weighted by atomic mass is 32.2. The van der Waals surface area contributed by atoms with Crippen LogP contribution in [0.2, 0.25) is 0 Å². The molecule has 5 atom stereocenters. The summed E-state index contributed by atoms with van der Waals surface area (Å²) in [5.74, 6) is -0.539. The Morgan fingerprint density at radius 2 is 1.85 bits per heavy atom. The van der Waals surface area contributed by atoms with Crippen LogP contribution in [-0.4, -0.2) is 50.7 Å². The van der Waals surface area contributed by atoms with Gasteiger partial charge in [0.2, 0.25) is 0 Å². The zero-order valence-corrected chi connectivity index (χ0v) is 16.3. The monoisotopic (exact) mass is 390 g/mol. The van der Waals surface area contributed by atoms with Crippen LogP contribution in [0.4, 0.5) is 4.79 Å². The van der Waals surface area contributed by atoms with E-state index in [4.69, 9.17) is 18.4 Å². The third-order valence-corrected chi connectivity index (χ3v) is 7.96. The first kappa shape index (κ1) is 19.4. The van der Waals surface area contributed by atoms with E-state index in [-0.39, 0.29) is 31.0 Å². The summed E-state index contributed by atoms with van der Waals surface area (Å²) in [5.41, 5.74) is -1.60. The van der Waals surface area contributed by atoms with Gasteiger partial charge in [-0.1, -0.05) is 6.92 Å². The molecule has 0 N–H and O–H groups in total. The molecule has 0 radical (unpaired) electrons. The minimum Gasteiger partial charge on any atom is -0.462 e. The molecule has 2 bridgehead atoms. The smallest absolute Gasteiger partial charge is 0.462 e. The van der Waals surface area contributed by atoms with E-state index in [2.05, 4.69) is 0 Å². The molecule has 0 amide bonds. The molecule has 8 nitrogen and oxygen atoms in total. The van der Waals surface area contributed by atoms with Gasteiger partial charge in [-0.3, -0.25) is 8.98 Å². The fourth-order valence-corrected chi connectivity index (χ4v) is 6.06. The summed E-state index contributed by atoms with van der Waals surface area (Å²) in [6.45, 7) is 6.97. The number of hydrogen-bond donors (Lipinski definition) is 0. The molecule has 2 aliphatic carbocycles. The molecule has 3 fully saturated rings. The summed E-state index contributed by atoms with van der Waals surface area (Å²) in [5, 5.41) is -0.480. The van der Waals surface area contributed by atoms with Gasteiger partial charge in [0.25, 0.3) is 10.1 Å². The number of ether oxygens (including phenoxy) is 3. The third-order valence-electron chi connectivity index (χ3n) is 6.20. The van der Waals surface area contributed by atoms with Crippen molar-refractivity contribution in [1.82, 2.24) is 0 Å². The molecule has 148 valence electrons. The summed E-state index contributed by atoms with van der Waals surface area (Å²) in [7, 11) is -3.57. The van der Waals surface area contributed by atoms with Crippen LogP contribution < -0.4 is 0 Å². The lowest BCUT2D eigenvalue weighted by Crippen LogP contribution is -2.48. The summed E-state index contributed by atoms with van der Waals surface area (Å²) in [6.07, 6.45) is 0.197. The van der Waals surface area contributed by atoms with Crippen molar-refractivity contribution in [3.8, 4) is 0 Å². The van der Waals surface area contributed by atoms with Crippen LogP contribution in [0.15, 0.2) is 0 Å². The average molecular weight is 390 g/mol. The zero-order chi connectivity index (χ0) is 19.3. The van der Waals surface area contributed by atoms with Crippen LogP contribution in [0.25, 0.3) is 0 Å². The van der Waals surface area contributed by atoms with Gasteiger partial charge in [-0.15, -0.1) is 0 Å². The minimum absolute atomic E-state index is 0.0590. The first-order valence-corrected chi connectivity index (χ1v) is 10.4. The molecule has 1 saturated heterocycles. The Bertz CT molecular complexity index is 700. The maximum atomic E-state index is 12.0. The van der Waals surface area contributed by atoms with Crippen LogP contribution in [0, 0.1) is 17.3 Å². The van der Waals surface area contributed by atoms with Gasteiger partial charge in [0.05, 0.1) is 10.7 Å². The minimum atomic E-state index is -3.57. The largest absolute Gasteiger partial charge is 0.509 e. The highest BCUT2D eigenvalue weighted by Gasteiger charge is 2.70. The zero-order valence-electron chi connectivity index (χ0n) is 15.5. The molecule has 0 spiro atoms. The Hall–Kier alpha value is -1.35. The van der Waals surface area contributed by atoms with Crippen molar-refractivity contribution >= 4 is 22.2 Å². The van der Waals surface area contributed by atoms with Gasteiger partial charge in [0.15, 0.2) is 0 Å². The predicted octanol–water partition coefficient (Wildman–Crippen LogP) is 2.01. The van der Waals surface area contributed by atoms with Gasteiger partial charge >= 0.3 is 12.1 Å². The molecular formula is C17H26O8S. The van der Waals surface area contributed by atoms with Crippen LogP contribution in [0.5, 0.6) is 0 Å². The van der Waals surface area contributed by atoms with Crippen molar-refractivity contribution < 1.29 is 36.4 Å². The maximum absolute atomic E-state index is 12.0. The van der Waals surface area contributed by atoms with E-state index in [0.29, 0.717) is 19.3 Å². The number of fused-ring (bicyclic) bond motifs is 1. The lowest BCUT2D eigenvalue weighted by Gasteiger charge is -2.35. The van der Waals surface area contributed by atoms with Gasteiger partial charge in [0.1, 0.15) is 24.9 Å². The van der Waals surface area contributed by atoms with Crippen LogP contribution in [0.1, 0.15) is 47.0 Å². The third kappa shape index (κ3) is 3.09. The normalized spacial score (nSPS) is 36.8. The maximum Gasteiger partial charge on any atom is 0.509 e. The van der Waals surface area contributed by atoms with Gasteiger partial charge in [0, 0.05) is 11.8 Å². The topological polar surface area (TPSA) is 105 Å². The average Bonchev–Trinajstić information content (AvgIpc) is 3.16. The molecule has 0 aromatic heterocycles. The second-order valence-corrected chi connectivity index (χ2v) is 9.92. The number of hydrogen-bond acceptors (Lipinski definition) is 8. The molecule has 1 heterocycles. The molecule has 0 aromatic rings. The molecule has 3 aliphatic rings. The van der Waals surface area contributed by atoms with E-state index in [9.17, 15) is 18.0 Å². The summed E-state index contributed by atoms with van der Waals surface area (Å²) in [6, 6.07) is 0. The van der Waals surface area contributed by atoms with Crippen molar-refractivity contribution in [3.05, 3.63) is 0 Å². The van der Waals surface area contributed by atoms with E-state index < -0.39 is 38.6 Å². The molecule has 3 rings (SSSR count). The Labute approximate surface area is 153 Å². The number of carbonyl (C=O) groups excluding carboxylic acids is 2. The fraction of sp³-hybridized carbons (Fsp3) is 0.882. The fourth-order valence-electron chi connectivity index (χ4n) is 4.14. The van der Waals surface area contributed by atoms with Gasteiger partial charge in [-0.2, -0.15) is 8.42 Å². The van der Waals surface area contributed by atoms with E-state index in [1.807, 2.05) is 6.92 Å². The first-order chi connectivity index (χ1) is 12.0. The van der Waals surface area contributed by atoms with E-state index >= 15 is 0 Å². The van der Waals surface area contributed by atoms with Gasteiger partial charge < -0.3 is 14.2 Å². The van der Waals surface area contributed by atoms with E-state index in [1.54, 1.807) is 20.8 Å². The Morgan fingerprint density at radius 3 is 2.50 bits per heavy atom. The lowest BCUT2D eigenvalue weighted by atomic mass is 9.83. The summed E-state index contributed by atoms with van der Waals surface area (Å²) in [4.78, 5) is 23.9. The van der Waals surface area contributed by atoms with Crippen molar-refractivity contribution in [3.63, 3.8) is 0 Å². The molecule has 0 aromatic carbocycles. The van der Waals surface area contributed by atoms with Gasteiger partial charge in [-0.25, -0.2) is 4.79 Å². The quantitative estimate of drug-likeness (QED) is 0.385. The van der Waals surface area contributed by atoms with Crippen molar-refractivity contribution in [1.29, 1.82) is 0 Å². The first-order valence-electron chi connectivity index (χ1n) is 8.96. The predicted molar refractivity (Wildman–Crippen MR) is 89.7 cm³/mol. The van der Waals surface area contributed by atoms with Crippen LogP contribution >= 0.6 is 0 Å². The second-order valence-electron chi connectivity index (χ2n) is 8.14. The molecule has 26 heavy (non-hydrogen) atoms. The Balaban J connectivity index is 1.48. The van der Waals surface area contributed by atoms with Crippen molar-refractivity contribution in [2.24, 2.45) is 17.3 Å². The van der Waals surface area contributed by atoms with E-state index in [0.717, 1.165) is 0 Å². The van der Waals surface area contributed by atoms with Crippen LogP contribution in [-0.2, 0) is 33.3 Å². The van der Waals surface area contributed by atoms with Crippen molar-refractivity contribution in [2.75, 3.05) is 13.2 Å². The molecule has 5 unspecified atom stereocenters. The molecule has 9 heteroatoms. The van der Waals surface area contributed by atoms with E-state index in [1.165, 1.54) is 0 Å². The number of esters is 1. The summed E-state index contributed by atoms with van der Waals surface area (Å²) < 4.78 is 44.7. The standard InChI is InChI=1S/C17H26O8S/c1-5-16(2,3)14(18)22-6-7-23-15(19)24-17(4)10-8-11-12(9-10)26(20,21)25-13(11)17/h10-13H,5-9H2,1-4H3. The highest BCUT2D eigenvalue weighted by Crippen LogP contribution is 2.60. The molecule has 1 aliphatic heterocycles. The Morgan fingerprint density at radius 1 is 1.19 bits per heavy atom. The summed E-state index contributed by atoms with van der Waals surface area (Å²) >= 11 is 0.